The molecule has 22 heavy (non-hydrogen) atoms. The smallest absolute Gasteiger partial charge is 0.266 e. The molecule has 120 valence electrons. The van der Waals surface area contributed by atoms with E-state index in [1.807, 2.05) is 4.90 Å². The summed E-state index contributed by atoms with van der Waals surface area (Å²) in [5, 5.41) is 0. The number of amides is 1. The number of hydrogen-bond donors (Lipinski definition) is 0. The van der Waals surface area contributed by atoms with Crippen LogP contribution in [-0.4, -0.2) is 28.5 Å². The molecule has 0 spiro atoms. The van der Waals surface area contributed by atoms with Crippen molar-refractivity contribution in [1.29, 1.82) is 0 Å². The van der Waals surface area contributed by atoms with Gasteiger partial charge in [-0.05, 0) is 76.6 Å². The summed E-state index contributed by atoms with van der Waals surface area (Å²) >= 11 is 0. The molecule has 0 saturated heterocycles. The van der Waals surface area contributed by atoms with Crippen molar-refractivity contribution in [2.24, 2.45) is 5.92 Å². The van der Waals surface area contributed by atoms with E-state index in [9.17, 15) is 9.18 Å². The molecule has 1 aromatic rings. The van der Waals surface area contributed by atoms with E-state index in [0.717, 1.165) is 12.8 Å². The van der Waals surface area contributed by atoms with Crippen LogP contribution < -0.4 is 4.74 Å². The van der Waals surface area contributed by atoms with Crippen molar-refractivity contribution < 1.29 is 13.9 Å². The Labute approximate surface area is 131 Å². The first kappa shape index (κ1) is 15.3. The lowest BCUT2D eigenvalue weighted by atomic mass is 10.0. The number of nitrogens with zero attached hydrogens (tertiary/aromatic N) is 1. The molecule has 4 heteroatoms. The highest BCUT2D eigenvalue weighted by Gasteiger charge is 2.46. The SMILES string of the molecule is CC(C1CC1)N(C(=O)C(C)(C)Oc1ccc(F)cc1)C1CC1. The lowest BCUT2D eigenvalue weighted by Crippen LogP contribution is -2.53. The minimum atomic E-state index is -0.941. The maximum atomic E-state index is 13.0. The van der Waals surface area contributed by atoms with Crippen molar-refractivity contribution >= 4 is 5.91 Å². The first-order chi connectivity index (χ1) is 10.4. The molecule has 0 heterocycles. The predicted molar refractivity (Wildman–Crippen MR) is 83.2 cm³/mol. The van der Waals surface area contributed by atoms with Crippen molar-refractivity contribution in [2.75, 3.05) is 0 Å². The minimum absolute atomic E-state index is 0.0405. The van der Waals surface area contributed by atoms with Crippen LogP contribution in [0.5, 0.6) is 5.75 Å². The zero-order chi connectivity index (χ0) is 15.9. The summed E-state index contributed by atoms with van der Waals surface area (Å²) in [5.41, 5.74) is -0.941. The minimum Gasteiger partial charge on any atom is -0.478 e. The number of benzene rings is 1. The third kappa shape index (κ3) is 3.26. The van der Waals surface area contributed by atoms with Gasteiger partial charge in [-0.25, -0.2) is 4.39 Å². The fraction of sp³-hybridized carbons (Fsp3) is 0.611. The van der Waals surface area contributed by atoms with Crippen molar-refractivity contribution in [3.05, 3.63) is 30.1 Å². The van der Waals surface area contributed by atoms with Crippen LogP contribution >= 0.6 is 0 Å². The van der Waals surface area contributed by atoms with Crippen LogP contribution in [0.15, 0.2) is 24.3 Å². The molecule has 2 fully saturated rings. The average Bonchev–Trinajstić information content (AvgIpc) is 3.34. The summed E-state index contributed by atoms with van der Waals surface area (Å²) in [4.78, 5) is 15.1. The molecular formula is C18H24FNO2. The van der Waals surface area contributed by atoms with Gasteiger partial charge in [0.2, 0.25) is 0 Å². The van der Waals surface area contributed by atoms with Crippen LogP contribution in [0.3, 0.4) is 0 Å². The molecule has 0 aromatic heterocycles. The second-order valence-corrected chi connectivity index (χ2v) is 7.09. The molecule has 2 aliphatic carbocycles. The number of hydrogen-bond acceptors (Lipinski definition) is 2. The van der Waals surface area contributed by atoms with Gasteiger partial charge in [0, 0.05) is 12.1 Å². The van der Waals surface area contributed by atoms with Gasteiger partial charge in [-0.1, -0.05) is 0 Å². The monoisotopic (exact) mass is 305 g/mol. The molecule has 2 saturated carbocycles. The molecule has 1 unspecified atom stereocenters. The first-order valence-corrected chi connectivity index (χ1v) is 8.16. The van der Waals surface area contributed by atoms with E-state index in [2.05, 4.69) is 6.92 Å². The Morgan fingerprint density at radius 1 is 1.23 bits per heavy atom. The third-order valence-corrected chi connectivity index (χ3v) is 4.62. The number of ether oxygens (including phenoxy) is 1. The topological polar surface area (TPSA) is 29.5 Å². The summed E-state index contributed by atoms with van der Waals surface area (Å²) in [5.74, 6) is 0.901. The number of carbonyl (C=O) groups is 1. The third-order valence-electron chi connectivity index (χ3n) is 4.62. The van der Waals surface area contributed by atoms with E-state index < -0.39 is 5.60 Å². The molecule has 3 nitrogen and oxygen atoms in total. The molecular weight excluding hydrogens is 281 g/mol. The quantitative estimate of drug-likeness (QED) is 0.800. The highest BCUT2D eigenvalue weighted by Crippen LogP contribution is 2.41. The van der Waals surface area contributed by atoms with Gasteiger partial charge < -0.3 is 9.64 Å². The van der Waals surface area contributed by atoms with Crippen molar-refractivity contribution in [2.45, 2.75) is 64.1 Å². The van der Waals surface area contributed by atoms with Crippen LogP contribution in [0.1, 0.15) is 46.5 Å². The molecule has 1 atom stereocenters. The lowest BCUT2D eigenvalue weighted by molar-refractivity contribution is -0.148. The predicted octanol–water partition coefficient (Wildman–Crippen LogP) is 3.77. The number of carbonyl (C=O) groups excluding carboxylic acids is 1. The normalized spacial score (nSPS) is 19.6. The molecule has 0 radical (unpaired) electrons. The van der Waals surface area contributed by atoms with E-state index in [1.54, 1.807) is 26.0 Å². The standard InChI is InChI=1S/C18H24FNO2/c1-12(13-4-5-13)20(15-8-9-15)17(21)18(2,3)22-16-10-6-14(19)7-11-16/h6-7,10-13,15H,4-5,8-9H2,1-3H3. The highest BCUT2D eigenvalue weighted by molar-refractivity contribution is 5.85. The number of halogens is 1. The zero-order valence-corrected chi connectivity index (χ0v) is 13.5. The van der Waals surface area contributed by atoms with Crippen molar-refractivity contribution in [3.63, 3.8) is 0 Å². The van der Waals surface area contributed by atoms with Gasteiger partial charge in [0.05, 0.1) is 0 Å². The summed E-state index contributed by atoms with van der Waals surface area (Å²) < 4.78 is 18.9. The average molecular weight is 305 g/mol. The van der Waals surface area contributed by atoms with Gasteiger partial charge >= 0.3 is 0 Å². The molecule has 0 bridgehead atoms. The first-order valence-electron chi connectivity index (χ1n) is 8.16. The van der Waals surface area contributed by atoms with E-state index in [4.69, 9.17) is 4.74 Å². The maximum Gasteiger partial charge on any atom is 0.266 e. The Morgan fingerprint density at radius 2 is 1.82 bits per heavy atom. The van der Waals surface area contributed by atoms with E-state index in [1.165, 1.54) is 25.0 Å². The van der Waals surface area contributed by atoms with E-state index >= 15 is 0 Å². The van der Waals surface area contributed by atoms with Crippen LogP contribution in [0.25, 0.3) is 0 Å². The summed E-state index contributed by atoms with van der Waals surface area (Å²) in [6.07, 6.45) is 4.62. The summed E-state index contributed by atoms with van der Waals surface area (Å²) in [6, 6.07) is 6.49. The summed E-state index contributed by atoms with van der Waals surface area (Å²) in [7, 11) is 0. The van der Waals surface area contributed by atoms with Gasteiger partial charge in [-0.2, -0.15) is 0 Å². The second kappa shape index (κ2) is 5.56. The maximum absolute atomic E-state index is 13.0. The molecule has 2 aliphatic rings. The molecule has 1 amide bonds. The zero-order valence-electron chi connectivity index (χ0n) is 13.5. The van der Waals surface area contributed by atoms with Gasteiger partial charge in [-0.15, -0.1) is 0 Å². The molecule has 3 rings (SSSR count). The fourth-order valence-corrected chi connectivity index (χ4v) is 2.99. The van der Waals surface area contributed by atoms with Gasteiger partial charge in [0.25, 0.3) is 5.91 Å². The Bertz CT molecular complexity index is 547. The molecule has 1 aromatic carbocycles. The lowest BCUT2D eigenvalue weighted by Gasteiger charge is -2.36. The van der Waals surface area contributed by atoms with Crippen LogP contribution in [-0.2, 0) is 4.79 Å². The van der Waals surface area contributed by atoms with Gasteiger partial charge in [-0.3, -0.25) is 4.79 Å². The Kier molecular flexibility index (Phi) is 3.87. The number of rotatable bonds is 6. The Morgan fingerprint density at radius 3 is 2.32 bits per heavy atom. The highest BCUT2D eigenvalue weighted by atomic mass is 19.1. The molecule has 0 N–H and O–H groups in total. The second-order valence-electron chi connectivity index (χ2n) is 7.09. The summed E-state index contributed by atoms with van der Waals surface area (Å²) in [6.45, 7) is 5.75. The van der Waals surface area contributed by atoms with Gasteiger partial charge in [0.1, 0.15) is 11.6 Å². The van der Waals surface area contributed by atoms with E-state index in [-0.39, 0.29) is 17.8 Å². The van der Waals surface area contributed by atoms with Crippen molar-refractivity contribution in [1.82, 2.24) is 4.90 Å². The largest absolute Gasteiger partial charge is 0.478 e. The van der Waals surface area contributed by atoms with Crippen molar-refractivity contribution in [3.8, 4) is 5.75 Å². The van der Waals surface area contributed by atoms with Crippen LogP contribution in [0.4, 0.5) is 4.39 Å². The van der Waals surface area contributed by atoms with Crippen LogP contribution in [0.2, 0.25) is 0 Å². The fourth-order valence-electron chi connectivity index (χ4n) is 2.99. The Balaban J connectivity index is 1.73. The Hall–Kier alpha value is -1.58. The van der Waals surface area contributed by atoms with E-state index in [0.29, 0.717) is 17.7 Å². The van der Waals surface area contributed by atoms with Crippen LogP contribution in [0, 0.1) is 11.7 Å². The van der Waals surface area contributed by atoms with Gasteiger partial charge in [0.15, 0.2) is 5.60 Å². The molecule has 0 aliphatic heterocycles.